The molecule has 0 unspecified atom stereocenters. The maximum atomic E-state index is 12.9. The molecule has 0 radical (unpaired) electrons. The number of ether oxygens (including phenoxy) is 4. The molecule has 0 fully saturated rings. The van der Waals surface area contributed by atoms with Crippen LogP contribution in [0.25, 0.3) is 16.7 Å². The van der Waals surface area contributed by atoms with Crippen LogP contribution in [0.15, 0.2) is 69.9 Å². The molecule has 6 nitrogen and oxygen atoms in total. The summed E-state index contributed by atoms with van der Waals surface area (Å²) in [5.74, 6) is 2.07. The second-order valence-corrected chi connectivity index (χ2v) is 6.96. The Morgan fingerprint density at radius 1 is 1.00 bits per heavy atom. The lowest BCUT2D eigenvalue weighted by atomic mass is 10.1. The summed E-state index contributed by atoms with van der Waals surface area (Å²) in [6.07, 6.45) is 0. The molecule has 30 heavy (non-hydrogen) atoms. The van der Waals surface area contributed by atoms with Gasteiger partial charge in [-0.15, -0.1) is 0 Å². The molecule has 0 atom stereocenters. The monoisotopic (exact) mass is 406 g/mol. The van der Waals surface area contributed by atoms with Gasteiger partial charge in [0.05, 0.1) is 14.2 Å². The Bertz CT molecular complexity index is 1150. The van der Waals surface area contributed by atoms with E-state index in [4.69, 9.17) is 23.4 Å². The number of carbonyl (C=O) groups excluding carboxylic acids is 1. The molecular weight excluding hydrogens is 384 g/mol. The summed E-state index contributed by atoms with van der Waals surface area (Å²) in [7, 11) is 3.05. The van der Waals surface area contributed by atoms with Gasteiger partial charge in [-0.1, -0.05) is 18.2 Å². The van der Waals surface area contributed by atoms with E-state index in [0.29, 0.717) is 46.5 Å². The highest BCUT2D eigenvalue weighted by molar-refractivity contribution is 5.94. The van der Waals surface area contributed by atoms with Crippen molar-refractivity contribution in [1.29, 1.82) is 0 Å². The zero-order valence-corrected chi connectivity index (χ0v) is 17.3. The number of fused-ring (bicyclic) bond motifs is 1. The Labute approximate surface area is 174 Å². The van der Waals surface area contributed by atoms with Gasteiger partial charge in [-0.25, -0.2) is 4.79 Å². The summed E-state index contributed by atoms with van der Waals surface area (Å²) < 4.78 is 28.1. The molecule has 0 spiro atoms. The normalized spacial score (nSPS) is 14.0. The van der Waals surface area contributed by atoms with Gasteiger partial charge in [0, 0.05) is 22.6 Å². The van der Waals surface area contributed by atoms with Gasteiger partial charge in [0.15, 0.2) is 11.5 Å². The Morgan fingerprint density at radius 2 is 1.80 bits per heavy atom. The summed E-state index contributed by atoms with van der Waals surface area (Å²) in [5.41, 5.74) is 2.58. The molecular formula is C24H22O6. The van der Waals surface area contributed by atoms with Crippen molar-refractivity contribution in [1.82, 2.24) is 0 Å². The summed E-state index contributed by atoms with van der Waals surface area (Å²) in [6, 6.07) is 14.6. The Morgan fingerprint density at radius 3 is 2.53 bits per heavy atom. The van der Waals surface area contributed by atoms with Crippen LogP contribution in [0.1, 0.15) is 30.0 Å². The van der Waals surface area contributed by atoms with Crippen LogP contribution >= 0.6 is 0 Å². The lowest BCUT2D eigenvalue weighted by Crippen LogP contribution is -2.15. The minimum atomic E-state index is -0.519. The molecule has 6 heteroatoms. The van der Waals surface area contributed by atoms with Crippen molar-refractivity contribution in [2.24, 2.45) is 0 Å². The van der Waals surface area contributed by atoms with E-state index in [2.05, 4.69) is 0 Å². The van der Waals surface area contributed by atoms with Gasteiger partial charge < -0.3 is 23.4 Å². The van der Waals surface area contributed by atoms with E-state index in [1.807, 2.05) is 44.2 Å². The molecule has 4 rings (SSSR count). The van der Waals surface area contributed by atoms with Gasteiger partial charge in [0.1, 0.15) is 35.0 Å². The van der Waals surface area contributed by atoms with E-state index >= 15 is 0 Å². The SMILES string of the molecule is COc1ccc(C(=O)OC2=C(C)COC(c3cc4ccccc4o3)=C2C)c(OC)c1. The van der Waals surface area contributed by atoms with Gasteiger partial charge in [0.25, 0.3) is 0 Å². The molecule has 0 amide bonds. The molecule has 0 bridgehead atoms. The Kier molecular flexibility index (Phi) is 5.23. The number of benzene rings is 2. The zero-order valence-electron chi connectivity index (χ0n) is 17.3. The number of rotatable bonds is 5. The van der Waals surface area contributed by atoms with E-state index in [1.54, 1.807) is 25.3 Å². The average Bonchev–Trinajstić information content (AvgIpc) is 3.19. The number of methoxy groups -OCH3 is 2. The lowest BCUT2D eigenvalue weighted by molar-refractivity contribution is 0.0617. The molecule has 0 saturated carbocycles. The number of carbonyl (C=O) groups is 1. The van der Waals surface area contributed by atoms with Crippen molar-refractivity contribution in [2.75, 3.05) is 20.8 Å². The average molecular weight is 406 g/mol. The van der Waals surface area contributed by atoms with Crippen LogP contribution in [0.2, 0.25) is 0 Å². The fourth-order valence-corrected chi connectivity index (χ4v) is 3.41. The molecule has 0 aliphatic carbocycles. The van der Waals surface area contributed by atoms with E-state index in [1.165, 1.54) is 7.11 Å². The Balaban J connectivity index is 1.67. The van der Waals surface area contributed by atoms with E-state index < -0.39 is 5.97 Å². The third-order valence-electron chi connectivity index (χ3n) is 4.97. The van der Waals surface area contributed by atoms with Gasteiger partial charge in [0.2, 0.25) is 0 Å². The summed E-state index contributed by atoms with van der Waals surface area (Å²) in [6.45, 7) is 4.01. The highest BCUT2D eigenvalue weighted by atomic mass is 16.5. The number of para-hydroxylation sites is 1. The summed E-state index contributed by atoms with van der Waals surface area (Å²) in [5, 5.41) is 0.976. The van der Waals surface area contributed by atoms with Crippen LogP contribution in [0, 0.1) is 0 Å². The minimum Gasteiger partial charge on any atom is -0.497 e. The standard InChI is InChI=1S/C24H22O6/c1-14-13-28-23(21-11-16-7-5-6-8-19(16)29-21)15(2)22(14)30-24(25)18-10-9-17(26-3)12-20(18)27-4/h5-12H,13H2,1-4H3. The van der Waals surface area contributed by atoms with Crippen LogP contribution in [0.5, 0.6) is 11.5 Å². The molecule has 3 aromatic rings. The molecule has 0 saturated heterocycles. The first kappa shape index (κ1) is 19.6. The van der Waals surface area contributed by atoms with Crippen LogP contribution in [-0.2, 0) is 9.47 Å². The second kappa shape index (κ2) is 7.99. The third kappa shape index (κ3) is 3.52. The minimum absolute atomic E-state index is 0.298. The highest BCUT2D eigenvalue weighted by Gasteiger charge is 2.26. The maximum absolute atomic E-state index is 12.9. The predicted molar refractivity (Wildman–Crippen MR) is 112 cm³/mol. The van der Waals surface area contributed by atoms with Crippen LogP contribution < -0.4 is 9.47 Å². The Hall–Kier alpha value is -3.67. The third-order valence-corrected chi connectivity index (χ3v) is 4.97. The quantitative estimate of drug-likeness (QED) is 0.533. The maximum Gasteiger partial charge on any atom is 0.347 e. The molecule has 0 N–H and O–H groups in total. The second-order valence-electron chi connectivity index (χ2n) is 6.96. The number of furan rings is 1. The summed E-state index contributed by atoms with van der Waals surface area (Å²) in [4.78, 5) is 12.9. The van der Waals surface area contributed by atoms with Gasteiger partial charge in [-0.2, -0.15) is 0 Å². The van der Waals surface area contributed by atoms with E-state index in [0.717, 1.165) is 16.5 Å². The van der Waals surface area contributed by atoms with Gasteiger partial charge in [-0.3, -0.25) is 0 Å². The largest absolute Gasteiger partial charge is 0.497 e. The number of allylic oxidation sites excluding steroid dienone is 1. The number of hydrogen-bond acceptors (Lipinski definition) is 6. The van der Waals surface area contributed by atoms with Gasteiger partial charge in [-0.05, 0) is 38.1 Å². The van der Waals surface area contributed by atoms with Crippen molar-refractivity contribution >= 4 is 22.7 Å². The van der Waals surface area contributed by atoms with Gasteiger partial charge >= 0.3 is 5.97 Å². The molecule has 1 aromatic heterocycles. The summed E-state index contributed by atoms with van der Waals surface area (Å²) >= 11 is 0. The predicted octanol–water partition coefficient (Wildman–Crippen LogP) is 5.34. The zero-order chi connectivity index (χ0) is 21.3. The van der Waals surface area contributed by atoms with Crippen LogP contribution in [-0.4, -0.2) is 26.8 Å². The van der Waals surface area contributed by atoms with Crippen molar-refractivity contribution in [2.45, 2.75) is 13.8 Å². The van der Waals surface area contributed by atoms with E-state index in [-0.39, 0.29) is 0 Å². The number of esters is 1. The molecule has 2 aromatic carbocycles. The van der Waals surface area contributed by atoms with Crippen molar-refractivity contribution < 1.29 is 28.2 Å². The molecule has 154 valence electrons. The van der Waals surface area contributed by atoms with E-state index in [9.17, 15) is 4.79 Å². The van der Waals surface area contributed by atoms with Crippen molar-refractivity contribution in [3.63, 3.8) is 0 Å². The topological polar surface area (TPSA) is 67.1 Å². The fourth-order valence-electron chi connectivity index (χ4n) is 3.41. The lowest BCUT2D eigenvalue weighted by Gasteiger charge is -2.22. The number of hydrogen-bond donors (Lipinski definition) is 0. The van der Waals surface area contributed by atoms with Crippen LogP contribution in [0.3, 0.4) is 0 Å². The smallest absolute Gasteiger partial charge is 0.347 e. The fraction of sp³-hybridized carbons (Fsp3) is 0.208. The van der Waals surface area contributed by atoms with Crippen molar-refractivity contribution in [3.8, 4) is 11.5 Å². The molecule has 1 aliphatic heterocycles. The first-order chi connectivity index (χ1) is 14.5. The molecule has 2 heterocycles. The van der Waals surface area contributed by atoms with Crippen LogP contribution in [0.4, 0.5) is 0 Å². The first-order valence-corrected chi connectivity index (χ1v) is 9.48. The highest BCUT2D eigenvalue weighted by Crippen LogP contribution is 2.35. The first-order valence-electron chi connectivity index (χ1n) is 9.48. The van der Waals surface area contributed by atoms with Crippen molar-refractivity contribution in [3.05, 3.63) is 76.8 Å². The molecule has 1 aliphatic rings.